The molecular formula is C28H38N6O8. The van der Waals surface area contributed by atoms with Crippen molar-refractivity contribution in [1.82, 2.24) is 25.1 Å². The highest BCUT2D eigenvalue weighted by Crippen LogP contribution is 2.21. The van der Waals surface area contributed by atoms with Crippen molar-refractivity contribution in [3.63, 3.8) is 0 Å². The van der Waals surface area contributed by atoms with Gasteiger partial charge in [-0.25, -0.2) is 14.8 Å². The van der Waals surface area contributed by atoms with Crippen molar-refractivity contribution in [2.24, 2.45) is 0 Å². The number of benzene rings is 1. The van der Waals surface area contributed by atoms with E-state index >= 15 is 0 Å². The molecule has 3 N–H and O–H groups in total. The zero-order valence-corrected chi connectivity index (χ0v) is 24.2. The number of carbonyl (C=O) groups excluding carboxylic acids is 3. The summed E-state index contributed by atoms with van der Waals surface area (Å²) >= 11 is 0. The molecule has 1 atom stereocenters. The summed E-state index contributed by atoms with van der Waals surface area (Å²) in [5.41, 5.74) is 0.787. The highest BCUT2D eigenvalue weighted by atomic mass is 16.6. The second kappa shape index (κ2) is 16.5. The van der Waals surface area contributed by atoms with Crippen LogP contribution in [0, 0.1) is 0 Å². The summed E-state index contributed by atoms with van der Waals surface area (Å²) in [6, 6.07) is 9.81. The summed E-state index contributed by atoms with van der Waals surface area (Å²) in [6.45, 7) is 6.75. The van der Waals surface area contributed by atoms with Crippen molar-refractivity contribution in [3.8, 4) is 11.4 Å². The number of rotatable bonds is 10. The Bertz CT molecular complexity index is 1220. The molecule has 1 aromatic carbocycles. The average Bonchev–Trinajstić information content (AvgIpc) is 2.99. The highest BCUT2D eigenvalue weighted by Gasteiger charge is 2.31. The van der Waals surface area contributed by atoms with Crippen LogP contribution < -0.4 is 10.2 Å². The Balaban J connectivity index is 0.00000197. The van der Waals surface area contributed by atoms with E-state index in [0.717, 1.165) is 5.56 Å². The largest absolute Gasteiger partial charge is 0.483 e. The molecule has 1 aromatic heterocycles. The number of hydrogen-bond donors (Lipinski definition) is 3. The van der Waals surface area contributed by atoms with Gasteiger partial charge in [-0.3, -0.25) is 19.2 Å². The fourth-order valence-corrected chi connectivity index (χ4v) is 4.01. The molecule has 14 nitrogen and oxygen atoms in total. The number of aromatic nitrogens is 2. The fraction of sp³-hybridized carbons (Fsp3) is 0.464. The molecule has 1 fully saturated rings. The highest BCUT2D eigenvalue weighted by molar-refractivity contribution is 5.97. The van der Waals surface area contributed by atoms with Crippen LogP contribution in [0.4, 0.5) is 10.6 Å². The lowest BCUT2D eigenvalue weighted by atomic mass is 10.1. The van der Waals surface area contributed by atoms with Crippen molar-refractivity contribution >= 4 is 36.2 Å². The molecule has 1 aliphatic heterocycles. The zero-order valence-electron chi connectivity index (χ0n) is 24.2. The number of ether oxygens (including phenoxy) is 1. The SMILES string of the molecule is CCOC(=O)N1CCN(C(=O)[C@H](CCC(=O)O)NC(=O)c2cc(N(C)C(C)C)nc(-c3ccccc3)n2)CC1.O=CO. The second-order valence-corrected chi connectivity index (χ2v) is 9.58. The Hall–Kier alpha value is -4.75. The normalized spacial score (nSPS) is 13.4. The second-order valence-electron chi connectivity index (χ2n) is 9.58. The first-order chi connectivity index (χ1) is 20.0. The molecule has 0 unspecified atom stereocenters. The van der Waals surface area contributed by atoms with Gasteiger partial charge in [0.25, 0.3) is 12.4 Å². The van der Waals surface area contributed by atoms with Crippen LogP contribution in [0.3, 0.4) is 0 Å². The third-order valence-corrected chi connectivity index (χ3v) is 6.48. The van der Waals surface area contributed by atoms with Gasteiger partial charge in [0, 0.05) is 57.3 Å². The van der Waals surface area contributed by atoms with E-state index in [1.807, 2.05) is 56.1 Å². The van der Waals surface area contributed by atoms with Crippen molar-refractivity contribution < 1.29 is 38.9 Å². The molecule has 14 heteroatoms. The molecule has 228 valence electrons. The van der Waals surface area contributed by atoms with Gasteiger partial charge in [-0.05, 0) is 27.2 Å². The molecule has 3 amide bonds. The number of carbonyl (C=O) groups is 5. The third-order valence-electron chi connectivity index (χ3n) is 6.48. The van der Waals surface area contributed by atoms with Crippen molar-refractivity contribution in [2.45, 2.75) is 45.7 Å². The average molecular weight is 587 g/mol. The van der Waals surface area contributed by atoms with E-state index < -0.39 is 29.9 Å². The minimum atomic E-state index is -1.08. The molecule has 0 radical (unpaired) electrons. The minimum Gasteiger partial charge on any atom is -0.483 e. The number of carboxylic acid groups (broad SMARTS) is 2. The number of nitrogens with one attached hydrogen (secondary N) is 1. The Morgan fingerprint density at radius 2 is 1.67 bits per heavy atom. The molecular weight excluding hydrogens is 548 g/mol. The molecule has 3 rings (SSSR count). The number of amides is 3. The molecule has 2 heterocycles. The summed E-state index contributed by atoms with van der Waals surface area (Å²) in [6.07, 6.45) is -0.840. The number of hydrogen-bond acceptors (Lipinski definition) is 9. The van der Waals surface area contributed by atoms with Crippen molar-refractivity contribution in [2.75, 3.05) is 44.7 Å². The minimum absolute atomic E-state index is 0.0617. The van der Waals surface area contributed by atoms with E-state index in [-0.39, 0.29) is 63.8 Å². The van der Waals surface area contributed by atoms with Crippen LogP contribution in [0.25, 0.3) is 11.4 Å². The van der Waals surface area contributed by atoms with Gasteiger partial charge < -0.3 is 35.0 Å². The molecule has 0 saturated carbocycles. The van der Waals surface area contributed by atoms with Gasteiger partial charge in [0.15, 0.2) is 5.82 Å². The summed E-state index contributed by atoms with van der Waals surface area (Å²) in [4.78, 5) is 72.5. The van der Waals surface area contributed by atoms with Crippen molar-refractivity contribution in [1.29, 1.82) is 0 Å². The van der Waals surface area contributed by atoms with E-state index in [9.17, 15) is 24.3 Å². The van der Waals surface area contributed by atoms with Gasteiger partial charge in [-0.1, -0.05) is 30.3 Å². The van der Waals surface area contributed by atoms with Gasteiger partial charge in [-0.15, -0.1) is 0 Å². The van der Waals surface area contributed by atoms with Gasteiger partial charge in [0.1, 0.15) is 17.6 Å². The van der Waals surface area contributed by atoms with E-state index in [1.165, 1.54) is 9.80 Å². The third kappa shape index (κ3) is 9.71. The lowest BCUT2D eigenvalue weighted by molar-refractivity contribution is -0.138. The lowest BCUT2D eigenvalue weighted by Crippen LogP contribution is -2.56. The maximum Gasteiger partial charge on any atom is 0.409 e. The van der Waals surface area contributed by atoms with Crippen LogP contribution >= 0.6 is 0 Å². The lowest BCUT2D eigenvalue weighted by Gasteiger charge is -2.36. The molecule has 0 spiro atoms. The first-order valence-electron chi connectivity index (χ1n) is 13.5. The van der Waals surface area contributed by atoms with E-state index in [2.05, 4.69) is 15.3 Å². The quantitative estimate of drug-likeness (QED) is 0.346. The molecule has 2 aromatic rings. The summed E-state index contributed by atoms with van der Waals surface area (Å²) in [5, 5.41) is 18.8. The van der Waals surface area contributed by atoms with Crippen LogP contribution in [0.5, 0.6) is 0 Å². The smallest absolute Gasteiger partial charge is 0.409 e. The van der Waals surface area contributed by atoms with Crippen LogP contribution in [0.1, 0.15) is 44.1 Å². The summed E-state index contributed by atoms with van der Waals surface area (Å²) < 4.78 is 5.02. The Morgan fingerprint density at radius 1 is 1.07 bits per heavy atom. The van der Waals surface area contributed by atoms with E-state index in [1.54, 1.807) is 13.0 Å². The molecule has 0 aliphatic carbocycles. The number of carboxylic acids is 1. The number of nitrogens with zero attached hydrogens (tertiary/aromatic N) is 5. The van der Waals surface area contributed by atoms with Crippen molar-refractivity contribution in [3.05, 3.63) is 42.1 Å². The molecule has 1 saturated heterocycles. The Morgan fingerprint density at radius 3 is 2.21 bits per heavy atom. The number of piperazine rings is 1. The monoisotopic (exact) mass is 586 g/mol. The molecule has 1 aliphatic rings. The van der Waals surface area contributed by atoms with Crippen LogP contribution in [0.15, 0.2) is 36.4 Å². The fourth-order valence-electron chi connectivity index (χ4n) is 4.01. The summed E-state index contributed by atoms with van der Waals surface area (Å²) in [7, 11) is 1.86. The first-order valence-corrected chi connectivity index (χ1v) is 13.5. The number of aliphatic carboxylic acids is 1. The van der Waals surface area contributed by atoms with E-state index in [4.69, 9.17) is 14.6 Å². The van der Waals surface area contributed by atoms with Gasteiger partial charge in [0.2, 0.25) is 5.91 Å². The Kier molecular flexibility index (Phi) is 13.1. The van der Waals surface area contributed by atoms with Crippen LogP contribution in [0.2, 0.25) is 0 Å². The maximum absolute atomic E-state index is 13.4. The molecule has 0 bridgehead atoms. The predicted molar refractivity (Wildman–Crippen MR) is 153 cm³/mol. The predicted octanol–water partition coefficient (Wildman–Crippen LogP) is 1.95. The van der Waals surface area contributed by atoms with Gasteiger partial charge in [-0.2, -0.15) is 0 Å². The summed E-state index contributed by atoms with van der Waals surface area (Å²) in [5.74, 6) is -1.21. The van der Waals surface area contributed by atoms with Gasteiger partial charge >= 0.3 is 12.1 Å². The molecule has 42 heavy (non-hydrogen) atoms. The Labute approximate surface area is 244 Å². The van der Waals surface area contributed by atoms with Crippen LogP contribution in [-0.4, -0.2) is 112 Å². The van der Waals surface area contributed by atoms with Gasteiger partial charge in [0.05, 0.1) is 6.61 Å². The van der Waals surface area contributed by atoms with E-state index in [0.29, 0.717) is 11.6 Å². The topological polar surface area (TPSA) is 183 Å². The zero-order chi connectivity index (χ0) is 31.2. The van der Waals surface area contributed by atoms with Crippen LogP contribution in [-0.2, 0) is 19.1 Å². The standard InChI is InChI=1S/C27H36N6O6.CH2O2/c1-5-39-27(38)33-15-13-32(14-16-33)26(37)20(11-12-23(34)35)29-25(36)21-17-22(31(4)18(2)3)30-24(28-21)19-9-7-6-8-10-19;2-1-3/h6-10,17-18,20H,5,11-16H2,1-4H3,(H,29,36)(H,34,35);1H,(H,2,3)/t20-;/m0./s1. The first kappa shape index (κ1) is 33.5. The number of anilines is 1. The maximum atomic E-state index is 13.4.